The van der Waals surface area contributed by atoms with E-state index in [4.69, 9.17) is 0 Å². The van der Waals surface area contributed by atoms with E-state index in [1.54, 1.807) is 35.8 Å². The molecule has 3 amide bonds. The van der Waals surface area contributed by atoms with Crippen LogP contribution >= 0.6 is 11.3 Å². The lowest BCUT2D eigenvalue weighted by molar-refractivity contribution is -0.140. The third kappa shape index (κ3) is 6.76. The molecular weight excluding hydrogens is 502 g/mol. The molecule has 4 rings (SSSR count). The second-order valence-corrected chi connectivity index (χ2v) is 10.9. The van der Waals surface area contributed by atoms with Gasteiger partial charge in [-0.3, -0.25) is 19.2 Å². The molecule has 2 fully saturated rings. The molecule has 8 nitrogen and oxygen atoms in total. The van der Waals surface area contributed by atoms with Gasteiger partial charge in [-0.1, -0.05) is 30.3 Å². The number of carbonyl (C=O) groups excluding carboxylic acids is 4. The monoisotopic (exact) mass is 532 g/mol. The van der Waals surface area contributed by atoms with E-state index in [2.05, 4.69) is 20.9 Å². The maximum absolute atomic E-state index is 13.5. The Morgan fingerprint density at radius 2 is 1.78 bits per heavy atom. The van der Waals surface area contributed by atoms with Crippen molar-refractivity contribution in [2.75, 3.05) is 0 Å². The molecule has 0 radical (unpaired) electrons. The molecule has 0 saturated heterocycles. The van der Waals surface area contributed by atoms with Crippen molar-refractivity contribution in [3.8, 4) is 0 Å². The third-order valence-corrected chi connectivity index (χ3v) is 8.04. The summed E-state index contributed by atoms with van der Waals surface area (Å²) in [5, 5.41) is 10.2. The lowest BCUT2D eigenvalue weighted by Gasteiger charge is -2.29. The van der Waals surface area contributed by atoms with Crippen molar-refractivity contribution in [3.05, 3.63) is 52.5 Å². The van der Waals surface area contributed by atoms with Gasteiger partial charge in [-0.05, 0) is 37.2 Å². The van der Waals surface area contributed by atoms with Crippen LogP contribution in [0, 0.1) is 11.3 Å². The zero-order valence-corrected chi connectivity index (χ0v) is 21.3. The first kappa shape index (κ1) is 26.8. The van der Waals surface area contributed by atoms with E-state index in [1.807, 2.05) is 6.07 Å². The number of nitrogens with zero attached hydrogens (tertiary/aromatic N) is 1. The van der Waals surface area contributed by atoms with Crippen LogP contribution in [-0.4, -0.2) is 46.5 Å². The van der Waals surface area contributed by atoms with Gasteiger partial charge in [0.15, 0.2) is 0 Å². The summed E-state index contributed by atoms with van der Waals surface area (Å²) >= 11 is 1.34. The smallest absolute Gasteiger partial charge is 0.289 e. The van der Waals surface area contributed by atoms with Gasteiger partial charge in [0.2, 0.25) is 23.5 Å². The van der Waals surface area contributed by atoms with Gasteiger partial charge < -0.3 is 16.0 Å². The number of ketones is 1. The Labute approximate surface area is 217 Å². The standard InChI is InChI=1S/C26H30F2N4O4S/c1-16(31-23(35)18-14-25(18)7-9-26(27,28)10-8-25)22(34)32-19(13-17-5-3-2-4-6-17)21(33)24(36)30-15-20-29-11-12-37-20/h2-6,11-12,16,18-19H,7-10,13-15H2,1H3,(H,30,36)(H,31,35)(H,32,34)/t16-,18?,19-/m1/s1. The average molecular weight is 533 g/mol. The number of alkyl halides is 2. The molecule has 1 heterocycles. The van der Waals surface area contributed by atoms with Crippen molar-refractivity contribution in [2.24, 2.45) is 11.3 Å². The molecule has 2 saturated carbocycles. The van der Waals surface area contributed by atoms with E-state index >= 15 is 0 Å². The van der Waals surface area contributed by atoms with E-state index in [0.717, 1.165) is 5.56 Å². The molecule has 1 spiro atoms. The number of carbonyl (C=O) groups is 4. The number of nitrogens with one attached hydrogen (secondary N) is 3. The lowest BCUT2D eigenvalue weighted by Crippen LogP contribution is -2.54. The number of amides is 3. The normalized spacial score (nSPS) is 20.9. The van der Waals surface area contributed by atoms with Gasteiger partial charge in [-0.25, -0.2) is 13.8 Å². The SMILES string of the molecule is C[C@@H](NC(=O)C1CC12CCC(F)(F)CC2)C(=O)N[C@H](Cc1ccccc1)C(=O)C(=O)NCc1nccs1. The molecule has 0 bridgehead atoms. The Morgan fingerprint density at radius 1 is 1.08 bits per heavy atom. The zero-order valence-electron chi connectivity index (χ0n) is 20.5. The van der Waals surface area contributed by atoms with Crippen LogP contribution in [0.5, 0.6) is 0 Å². The van der Waals surface area contributed by atoms with Crippen molar-refractivity contribution in [1.82, 2.24) is 20.9 Å². The van der Waals surface area contributed by atoms with Gasteiger partial charge in [0.1, 0.15) is 17.1 Å². The van der Waals surface area contributed by atoms with Gasteiger partial charge in [0.25, 0.3) is 5.91 Å². The summed E-state index contributed by atoms with van der Waals surface area (Å²) in [7, 11) is 0. The Bertz CT molecular complexity index is 1130. The molecule has 3 N–H and O–H groups in total. The molecule has 2 aromatic rings. The quantitative estimate of drug-likeness (QED) is 0.407. The van der Waals surface area contributed by atoms with Crippen LogP contribution < -0.4 is 16.0 Å². The van der Waals surface area contributed by atoms with Gasteiger partial charge in [-0.15, -0.1) is 11.3 Å². The molecule has 11 heteroatoms. The molecule has 3 atom stereocenters. The van der Waals surface area contributed by atoms with Crippen LogP contribution in [0.25, 0.3) is 0 Å². The van der Waals surface area contributed by atoms with Crippen LogP contribution in [0.2, 0.25) is 0 Å². The number of Topliss-reactive ketones (excluding diaryl/α,β-unsaturated/α-hetero) is 1. The van der Waals surface area contributed by atoms with Crippen molar-refractivity contribution in [3.63, 3.8) is 0 Å². The topological polar surface area (TPSA) is 117 Å². The summed E-state index contributed by atoms with van der Waals surface area (Å²) in [5.41, 5.74) is 0.350. The largest absolute Gasteiger partial charge is 0.344 e. The first-order valence-corrected chi connectivity index (χ1v) is 13.2. The maximum Gasteiger partial charge on any atom is 0.289 e. The average Bonchev–Trinajstić information content (AvgIpc) is 3.34. The fourth-order valence-corrected chi connectivity index (χ4v) is 5.42. The van der Waals surface area contributed by atoms with Crippen molar-refractivity contribution < 1.29 is 28.0 Å². The van der Waals surface area contributed by atoms with E-state index in [9.17, 15) is 28.0 Å². The highest BCUT2D eigenvalue weighted by atomic mass is 32.1. The Kier molecular flexibility index (Phi) is 8.01. The first-order chi connectivity index (χ1) is 17.6. The molecule has 198 valence electrons. The van der Waals surface area contributed by atoms with Gasteiger partial charge in [0, 0.05) is 36.8 Å². The lowest BCUT2D eigenvalue weighted by atomic mass is 9.82. The third-order valence-electron chi connectivity index (χ3n) is 7.26. The molecule has 1 aromatic heterocycles. The molecule has 0 aliphatic heterocycles. The minimum atomic E-state index is -2.67. The summed E-state index contributed by atoms with van der Waals surface area (Å²) in [5.74, 6) is -5.68. The van der Waals surface area contributed by atoms with Crippen LogP contribution in [0.15, 0.2) is 41.9 Å². The highest BCUT2D eigenvalue weighted by Crippen LogP contribution is 2.63. The predicted octanol–water partition coefficient (Wildman–Crippen LogP) is 2.78. The minimum Gasteiger partial charge on any atom is -0.344 e. The molecule has 1 unspecified atom stereocenters. The van der Waals surface area contributed by atoms with Gasteiger partial charge in [0.05, 0.1) is 6.54 Å². The second-order valence-electron chi connectivity index (χ2n) is 9.93. The number of aromatic nitrogens is 1. The first-order valence-electron chi connectivity index (χ1n) is 12.3. The number of thiazole rings is 1. The molecule has 37 heavy (non-hydrogen) atoms. The number of halogens is 2. The highest BCUT2D eigenvalue weighted by Gasteiger charge is 2.61. The number of hydrogen-bond acceptors (Lipinski definition) is 6. The van der Waals surface area contributed by atoms with E-state index in [0.29, 0.717) is 24.3 Å². The van der Waals surface area contributed by atoms with Crippen LogP contribution in [-0.2, 0) is 32.1 Å². The fourth-order valence-electron chi connectivity index (χ4n) is 4.86. The molecule has 2 aliphatic rings. The predicted molar refractivity (Wildman–Crippen MR) is 133 cm³/mol. The fraction of sp³-hybridized carbons (Fsp3) is 0.500. The summed E-state index contributed by atoms with van der Waals surface area (Å²) in [6.45, 7) is 1.58. The number of benzene rings is 1. The van der Waals surface area contributed by atoms with Gasteiger partial charge >= 0.3 is 0 Å². The van der Waals surface area contributed by atoms with Crippen LogP contribution in [0.1, 0.15) is 49.6 Å². The van der Waals surface area contributed by atoms with Crippen molar-refractivity contribution >= 4 is 34.8 Å². The second kappa shape index (κ2) is 11.0. The van der Waals surface area contributed by atoms with E-state index in [1.165, 1.54) is 18.3 Å². The summed E-state index contributed by atoms with van der Waals surface area (Å²) in [6.07, 6.45) is 2.37. The maximum atomic E-state index is 13.5. The summed E-state index contributed by atoms with van der Waals surface area (Å²) in [6, 6.07) is 6.84. The number of rotatable bonds is 10. The number of hydrogen-bond donors (Lipinski definition) is 3. The molecule has 2 aliphatic carbocycles. The van der Waals surface area contributed by atoms with E-state index in [-0.39, 0.29) is 31.7 Å². The minimum absolute atomic E-state index is 0.0930. The van der Waals surface area contributed by atoms with Crippen LogP contribution in [0.4, 0.5) is 8.78 Å². The zero-order chi connectivity index (χ0) is 26.6. The molecule has 1 aromatic carbocycles. The summed E-state index contributed by atoms with van der Waals surface area (Å²) in [4.78, 5) is 55.3. The Morgan fingerprint density at radius 3 is 2.43 bits per heavy atom. The summed E-state index contributed by atoms with van der Waals surface area (Å²) < 4.78 is 27.1. The Hall–Kier alpha value is -3.21. The van der Waals surface area contributed by atoms with Crippen molar-refractivity contribution in [1.29, 1.82) is 0 Å². The molecular formula is C26H30F2N4O4S. The highest BCUT2D eigenvalue weighted by molar-refractivity contribution is 7.09. The van der Waals surface area contributed by atoms with Gasteiger partial charge in [-0.2, -0.15) is 0 Å². The van der Waals surface area contributed by atoms with Crippen molar-refractivity contribution in [2.45, 2.75) is 70.0 Å². The Balaban J connectivity index is 1.34. The van der Waals surface area contributed by atoms with E-state index < -0.39 is 46.9 Å². The van der Waals surface area contributed by atoms with Crippen LogP contribution in [0.3, 0.4) is 0 Å².